The maximum atomic E-state index is 13.4. The number of nitrogens with one attached hydrogen (secondary N) is 1. The van der Waals surface area contributed by atoms with E-state index in [1.807, 2.05) is 18.2 Å². The first kappa shape index (κ1) is 13.5. The Balaban J connectivity index is 1.67. The molecule has 20 heavy (non-hydrogen) atoms. The average Bonchev–Trinajstić information content (AvgIpc) is 2.92. The third kappa shape index (κ3) is 2.97. The van der Waals surface area contributed by atoms with E-state index in [9.17, 15) is 4.39 Å². The van der Waals surface area contributed by atoms with E-state index in [1.54, 1.807) is 17.8 Å². The minimum Gasteiger partial charge on any atom is -0.335 e. The molecule has 2 aromatic carbocycles. The molecule has 1 atom stereocenters. The van der Waals surface area contributed by atoms with Crippen LogP contribution in [-0.2, 0) is 0 Å². The van der Waals surface area contributed by atoms with E-state index >= 15 is 0 Å². The molecule has 0 radical (unpaired) electrons. The molecule has 0 fully saturated rings. The third-order valence-electron chi connectivity index (χ3n) is 3.00. The van der Waals surface area contributed by atoms with Gasteiger partial charge in [0.05, 0.1) is 16.8 Å². The van der Waals surface area contributed by atoms with Gasteiger partial charge in [-0.25, -0.2) is 4.39 Å². The van der Waals surface area contributed by atoms with Crippen LogP contribution in [0, 0.1) is 5.82 Å². The molecule has 0 saturated carbocycles. The molecule has 0 aliphatic carbocycles. The Bertz CT molecular complexity index is 646. The van der Waals surface area contributed by atoms with Crippen LogP contribution in [0.1, 0.15) is 10.8 Å². The number of thioether (sulfide) groups is 1. The zero-order chi connectivity index (χ0) is 13.9. The number of hydrogen-bond donors (Lipinski definition) is 1. The number of hydrogen-bond acceptors (Lipinski definition) is 3. The highest BCUT2D eigenvalue weighted by Crippen LogP contribution is 2.35. The summed E-state index contributed by atoms with van der Waals surface area (Å²) in [5, 5.41) is 4.37. The summed E-state index contributed by atoms with van der Waals surface area (Å²) >= 11 is 7.31. The summed E-state index contributed by atoms with van der Waals surface area (Å²) in [6, 6.07) is 14.9. The van der Waals surface area contributed by atoms with E-state index in [4.69, 9.17) is 11.6 Å². The molecule has 5 heteroatoms. The van der Waals surface area contributed by atoms with E-state index < -0.39 is 5.82 Å². The molecule has 1 N–H and O–H groups in total. The van der Waals surface area contributed by atoms with Crippen LogP contribution in [0.5, 0.6) is 0 Å². The van der Waals surface area contributed by atoms with Crippen LogP contribution in [0.2, 0.25) is 5.02 Å². The van der Waals surface area contributed by atoms with Gasteiger partial charge in [-0.05, 0) is 23.8 Å². The van der Waals surface area contributed by atoms with Gasteiger partial charge in [-0.15, -0.1) is 0 Å². The molecule has 1 aliphatic heterocycles. The van der Waals surface area contributed by atoms with Crippen LogP contribution in [-0.4, -0.2) is 11.7 Å². The first-order chi connectivity index (χ1) is 9.72. The summed E-state index contributed by atoms with van der Waals surface area (Å²) < 4.78 is 13.4. The fourth-order valence-electron chi connectivity index (χ4n) is 1.98. The van der Waals surface area contributed by atoms with Crippen molar-refractivity contribution in [3.05, 3.63) is 64.9 Å². The van der Waals surface area contributed by atoms with Crippen LogP contribution in [0.15, 0.2) is 53.5 Å². The topological polar surface area (TPSA) is 24.4 Å². The lowest BCUT2D eigenvalue weighted by molar-refractivity contribution is 0.629. The number of halogens is 2. The van der Waals surface area contributed by atoms with Gasteiger partial charge in [-0.1, -0.05) is 53.7 Å². The second-order valence-corrected chi connectivity index (χ2v) is 6.02. The Morgan fingerprint density at radius 2 is 2.00 bits per heavy atom. The fraction of sp³-hybridized carbons (Fsp3) is 0.133. The quantitative estimate of drug-likeness (QED) is 0.867. The van der Waals surface area contributed by atoms with Crippen molar-refractivity contribution in [3.63, 3.8) is 0 Å². The first-order valence-electron chi connectivity index (χ1n) is 6.20. The molecule has 1 heterocycles. The van der Waals surface area contributed by atoms with Crippen molar-refractivity contribution in [2.24, 2.45) is 4.99 Å². The highest BCUT2D eigenvalue weighted by Gasteiger charge is 2.21. The molecule has 0 saturated heterocycles. The molecule has 3 rings (SSSR count). The number of anilines is 1. The van der Waals surface area contributed by atoms with Gasteiger partial charge >= 0.3 is 0 Å². The Morgan fingerprint density at radius 1 is 1.20 bits per heavy atom. The molecule has 0 spiro atoms. The van der Waals surface area contributed by atoms with E-state index in [0.29, 0.717) is 10.9 Å². The van der Waals surface area contributed by atoms with Crippen molar-refractivity contribution >= 4 is 34.2 Å². The van der Waals surface area contributed by atoms with Crippen molar-refractivity contribution in [1.82, 2.24) is 0 Å². The number of aliphatic imine (C=N–C) groups is 1. The van der Waals surface area contributed by atoms with Crippen molar-refractivity contribution < 1.29 is 4.39 Å². The average molecular weight is 307 g/mol. The Kier molecular flexibility index (Phi) is 3.94. The zero-order valence-electron chi connectivity index (χ0n) is 10.5. The molecule has 1 unspecified atom stereocenters. The van der Waals surface area contributed by atoms with Gasteiger partial charge in [0.1, 0.15) is 5.82 Å². The van der Waals surface area contributed by atoms with Crippen molar-refractivity contribution in [2.45, 2.75) is 5.25 Å². The summed E-state index contributed by atoms with van der Waals surface area (Å²) in [5.41, 5.74) is 1.91. The van der Waals surface area contributed by atoms with Crippen molar-refractivity contribution in [1.29, 1.82) is 0 Å². The molecule has 0 amide bonds. The van der Waals surface area contributed by atoms with E-state index in [1.165, 1.54) is 17.7 Å². The number of nitrogens with zero attached hydrogens (tertiary/aromatic N) is 1. The van der Waals surface area contributed by atoms with E-state index in [2.05, 4.69) is 22.4 Å². The molecular formula is C15H12ClFN2S. The van der Waals surface area contributed by atoms with Gasteiger partial charge in [0, 0.05) is 5.69 Å². The zero-order valence-corrected chi connectivity index (χ0v) is 12.1. The van der Waals surface area contributed by atoms with E-state index in [-0.39, 0.29) is 5.02 Å². The molecule has 1 aliphatic rings. The summed E-state index contributed by atoms with van der Waals surface area (Å²) in [4.78, 5) is 4.45. The lowest BCUT2D eigenvalue weighted by Gasteiger charge is -2.09. The highest BCUT2D eigenvalue weighted by molar-refractivity contribution is 8.14. The predicted octanol–water partition coefficient (Wildman–Crippen LogP) is 4.74. The van der Waals surface area contributed by atoms with Gasteiger partial charge < -0.3 is 5.32 Å². The van der Waals surface area contributed by atoms with Crippen LogP contribution < -0.4 is 5.32 Å². The largest absolute Gasteiger partial charge is 0.335 e. The lowest BCUT2D eigenvalue weighted by atomic mass is 10.1. The SMILES string of the molecule is Fc1cc(NC2=NCC(c3ccccc3)S2)ccc1Cl. The second kappa shape index (κ2) is 5.85. The summed E-state index contributed by atoms with van der Waals surface area (Å²) in [6.45, 7) is 0.729. The normalized spacial score (nSPS) is 17.9. The van der Waals surface area contributed by atoms with Gasteiger partial charge in [0.2, 0.25) is 0 Å². The van der Waals surface area contributed by atoms with Crippen molar-refractivity contribution in [2.75, 3.05) is 11.9 Å². The highest BCUT2D eigenvalue weighted by atomic mass is 35.5. The monoisotopic (exact) mass is 306 g/mol. The lowest BCUT2D eigenvalue weighted by Crippen LogP contribution is -2.05. The minimum absolute atomic E-state index is 0.124. The molecule has 2 aromatic rings. The van der Waals surface area contributed by atoms with Crippen LogP contribution in [0.4, 0.5) is 10.1 Å². The Morgan fingerprint density at radius 3 is 2.75 bits per heavy atom. The number of benzene rings is 2. The molecule has 102 valence electrons. The summed E-state index contributed by atoms with van der Waals surface area (Å²) in [6.07, 6.45) is 0. The number of amidine groups is 1. The van der Waals surface area contributed by atoms with Gasteiger partial charge in [0.25, 0.3) is 0 Å². The maximum absolute atomic E-state index is 13.4. The fourth-order valence-corrected chi connectivity index (χ4v) is 3.14. The van der Waals surface area contributed by atoms with Crippen molar-refractivity contribution in [3.8, 4) is 0 Å². The number of rotatable bonds is 2. The minimum atomic E-state index is -0.431. The van der Waals surface area contributed by atoms with Gasteiger partial charge in [0.15, 0.2) is 5.17 Å². The molecular weight excluding hydrogens is 295 g/mol. The Hall–Kier alpha value is -1.52. The second-order valence-electron chi connectivity index (χ2n) is 4.42. The maximum Gasteiger partial charge on any atom is 0.161 e. The third-order valence-corrected chi connectivity index (χ3v) is 4.46. The molecule has 2 nitrogen and oxygen atoms in total. The van der Waals surface area contributed by atoms with Crippen LogP contribution in [0.25, 0.3) is 0 Å². The smallest absolute Gasteiger partial charge is 0.161 e. The molecule has 0 aromatic heterocycles. The van der Waals surface area contributed by atoms with E-state index in [0.717, 1.165) is 11.7 Å². The summed E-state index contributed by atoms with van der Waals surface area (Å²) in [5.74, 6) is -0.431. The van der Waals surface area contributed by atoms with Gasteiger partial charge in [-0.3, -0.25) is 4.99 Å². The molecule has 0 bridgehead atoms. The van der Waals surface area contributed by atoms with Crippen LogP contribution >= 0.6 is 23.4 Å². The van der Waals surface area contributed by atoms with Gasteiger partial charge in [-0.2, -0.15) is 0 Å². The first-order valence-corrected chi connectivity index (χ1v) is 7.46. The Labute approximate surface area is 126 Å². The standard InChI is InChI=1S/C15H12ClFN2S/c16-12-7-6-11(8-13(12)17)19-15-18-9-14(20-15)10-4-2-1-3-5-10/h1-8,14H,9H2,(H,18,19). The summed E-state index contributed by atoms with van der Waals surface area (Å²) in [7, 11) is 0. The van der Waals surface area contributed by atoms with Crippen LogP contribution in [0.3, 0.4) is 0 Å². The predicted molar refractivity (Wildman–Crippen MR) is 84.1 cm³/mol.